The van der Waals surface area contributed by atoms with Crippen LogP contribution in [0, 0.1) is 12.7 Å². The van der Waals surface area contributed by atoms with Gasteiger partial charge in [-0.05, 0) is 36.8 Å². The van der Waals surface area contributed by atoms with Crippen LogP contribution >= 0.6 is 0 Å². The second-order valence-corrected chi connectivity index (χ2v) is 7.06. The van der Waals surface area contributed by atoms with E-state index < -0.39 is 21.6 Å². The van der Waals surface area contributed by atoms with E-state index in [1.54, 1.807) is 13.0 Å². The van der Waals surface area contributed by atoms with Crippen LogP contribution in [0.2, 0.25) is 0 Å². The zero-order valence-electron chi connectivity index (χ0n) is 12.9. The van der Waals surface area contributed by atoms with Crippen molar-refractivity contribution in [2.75, 3.05) is 18.7 Å². The number of anilines is 1. The van der Waals surface area contributed by atoms with Crippen LogP contribution in [-0.2, 0) is 9.84 Å². The molecule has 0 fully saturated rings. The maximum Gasteiger partial charge on any atom is 0.256 e. The van der Waals surface area contributed by atoms with Crippen molar-refractivity contribution in [1.82, 2.24) is 0 Å². The maximum atomic E-state index is 13.2. The average Bonchev–Trinajstić information content (AvgIpc) is 2.48. The molecular weight excluding hydrogens is 321 g/mol. The molecule has 0 spiro atoms. The highest BCUT2D eigenvalue weighted by molar-refractivity contribution is 7.90. The van der Waals surface area contributed by atoms with E-state index in [0.29, 0.717) is 11.3 Å². The molecule has 0 saturated carbocycles. The average molecular weight is 337 g/mol. The number of nitrogens with one attached hydrogen (secondary N) is 1. The highest BCUT2D eigenvalue weighted by Gasteiger charge is 2.16. The minimum absolute atomic E-state index is 0.0549. The third kappa shape index (κ3) is 3.87. The van der Waals surface area contributed by atoms with E-state index in [1.165, 1.54) is 31.4 Å². The van der Waals surface area contributed by atoms with Gasteiger partial charge in [0.2, 0.25) is 0 Å². The molecule has 23 heavy (non-hydrogen) atoms. The van der Waals surface area contributed by atoms with Crippen LogP contribution in [0.3, 0.4) is 0 Å². The standard InChI is InChI=1S/C16H16FNO4S/c1-10-4-6-12(23(3,20)21)9-13(10)16(19)18-14-7-5-11(17)8-15(14)22-2/h4-9H,1-3H3,(H,18,19). The monoisotopic (exact) mass is 337 g/mol. The van der Waals surface area contributed by atoms with E-state index in [9.17, 15) is 17.6 Å². The van der Waals surface area contributed by atoms with Crippen molar-refractivity contribution in [3.63, 3.8) is 0 Å². The van der Waals surface area contributed by atoms with E-state index in [2.05, 4.69) is 5.32 Å². The van der Waals surface area contributed by atoms with Crippen LogP contribution in [0.15, 0.2) is 41.3 Å². The normalized spacial score (nSPS) is 11.1. The lowest BCUT2D eigenvalue weighted by Crippen LogP contribution is -2.15. The number of aryl methyl sites for hydroxylation is 1. The Kier molecular flexibility index (Phi) is 4.70. The lowest BCUT2D eigenvalue weighted by molar-refractivity contribution is 0.102. The fraction of sp³-hybridized carbons (Fsp3) is 0.188. The molecule has 0 aromatic heterocycles. The zero-order chi connectivity index (χ0) is 17.2. The molecule has 7 heteroatoms. The van der Waals surface area contributed by atoms with Crippen molar-refractivity contribution in [3.8, 4) is 5.75 Å². The zero-order valence-corrected chi connectivity index (χ0v) is 13.7. The van der Waals surface area contributed by atoms with Gasteiger partial charge in [-0.1, -0.05) is 6.07 Å². The first kappa shape index (κ1) is 17.0. The molecule has 2 aromatic carbocycles. The van der Waals surface area contributed by atoms with Gasteiger partial charge in [0.25, 0.3) is 5.91 Å². The first-order valence-corrected chi connectivity index (χ1v) is 8.57. The van der Waals surface area contributed by atoms with Crippen molar-refractivity contribution in [2.45, 2.75) is 11.8 Å². The fourth-order valence-electron chi connectivity index (χ4n) is 2.03. The van der Waals surface area contributed by atoms with Gasteiger partial charge in [-0.3, -0.25) is 4.79 Å². The molecule has 2 rings (SSSR count). The summed E-state index contributed by atoms with van der Waals surface area (Å²) in [6.07, 6.45) is 1.07. The lowest BCUT2D eigenvalue weighted by atomic mass is 10.1. The van der Waals surface area contributed by atoms with Crippen molar-refractivity contribution in [2.24, 2.45) is 0 Å². The summed E-state index contributed by atoms with van der Waals surface area (Å²) in [5.41, 5.74) is 1.14. The Labute approximate surface area is 134 Å². The summed E-state index contributed by atoms with van der Waals surface area (Å²) >= 11 is 0. The van der Waals surface area contributed by atoms with Gasteiger partial charge in [-0.25, -0.2) is 12.8 Å². The summed E-state index contributed by atoms with van der Waals surface area (Å²) in [5.74, 6) is -0.816. The molecule has 0 bridgehead atoms. The van der Waals surface area contributed by atoms with Crippen LogP contribution in [0.1, 0.15) is 15.9 Å². The minimum atomic E-state index is -3.42. The number of carbonyl (C=O) groups is 1. The van der Waals surface area contributed by atoms with E-state index in [0.717, 1.165) is 12.3 Å². The van der Waals surface area contributed by atoms with Gasteiger partial charge in [0, 0.05) is 17.9 Å². The van der Waals surface area contributed by atoms with E-state index in [1.807, 2.05) is 0 Å². The largest absolute Gasteiger partial charge is 0.494 e. The van der Waals surface area contributed by atoms with E-state index in [-0.39, 0.29) is 16.2 Å². The molecule has 0 saturated heterocycles. The van der Waals surface area contributed by atoms with Crippen LogP contribution in [-0.4, -0.2) is 27.7 Å². The van der Waals surface area contributed by atoms with E-state index in [4.69, 9.17) is 4.74 Å². The van der Waals surface area contributed by atoms with Crippen LogP contribution in [0.4, 0.5) is 10.1 Å². The third-order valence-corrected chi connectivity index (χ3v) is 4.40. The predicted octanol–water partition coefficient (Wildman–Crippen LogP) is 2.80. The molecular formula is C16H16FNO4S. The second-order valence-electron chi connectivity index (χ2n) is 5.05. The Bertz CT molecular complexity index is 862. The summed E-state index contributed by atoms with van der Waals surface area (Å²) in [6.45, 7) is 1.70. The van der Waals surface area contributed by atoms with Crippen molar-refractivity contribution >= 4 is 21.4 Å². The molecule has 0 atom stereocenters. The van der Waals surface area contributed by atoms with Gasteiger partial charge in [0.05, 0.1) is 17.7 Å². The van der Waals surface area contributed by atoms with Gasteiger partial charge in [0.1, 0.15) is 11.6 Å². The molecule has 0 heterocycles. The minimum Gasteiger partial charge on any atom is -0.494 e. The van der Waals surface area contributed by atoms with Crippen molar-refractivity contribution in [1.29, 1.82) is 0 Å². The highest BCUT2D eigenvalue weighted by atomic mass is 32.2. The van der Waals surface area contributed by atoms with Gasteiger partial charge in [-0.15, -0.1) is 0 Å². The molecule has 0 unspecified atom stereocenters. The molecule has 0 aliphatic heterocycles. The Morgan fingerprint density at radius 2 is 1.87 bits per heavy atom. The summed E-state index contributed by atoms with van der Waals surface area (Å²) in [4.78, 5) is 12.5. The number of carbonyl (C=O) groups excluding carboxylic acids is 1. The van der Waals surface area contributed by atoms with E-state index >= 15 is 0 Å². The number of hydrogen-bond donors (Lipinski definition) is 1. The SMILES string of the molecule is COc1cc(F)ccc1NC(=O)c1cc(S(C)(=O)=O)ccc1C. The highest BCUT2D eigenvalue weighted by Crippen LogP contribution is 2.26. The topological polar surface area (TPSA) is 72.5 Å². The quantitative estimate of drug-likeness (QED) is 0.931. The summed E-state index contributed by atoms with van der Waals surface area (Å²) < 4.78 is 41.4. The number of benzene rings is 2. The van der Waals surface area contributed by atoms with Gasteiger partial charge in [0.15, 0.2) is 9.84 Å². The number of rotatable bonds is 4. The molecule has 1 amide bonds. The molecule has 0 radical (unpaired) electrons. The van der Waals surface area contributed by atoms with Crippen LogP contribution in [0.5, 0.6) is 5.75 Å². The maximum absolute atomic E-state index is 13.2. The number of ether oxygens (including phenoxy) is 1. The molecule has 0 aliphatic rings. The van der Waals surface area contributed by atoms with Crippen LogP contribution < -0.4 is 10.1 Å². The molecule has 5 nitrogen and oxygen atoms in total. The van der Waals surface area contributed by atoms with Crippen LogP contribution in [0.25, 0.3) is 0 Å². The number of amides is 1. The lowest BCUT2D eigenvalue weighted by Gasteiger charge is -2.12. The first-order valence-electron chi connectivity index (χ1n) is 6.68. The van der Waals surface area contributed by atoms with Gasteiger partial charge < -0.3 is 10.1 Å². The third-order valence-electron chi connectivity index (χ3n) is 3.29. The van der Waals surface area contributed by atoms with Gasteiger partial charge in [-0.2, -0.15) is 0 Å². The Hall–Kier alpha value is -2.41. The Morgan fingerprint density at radius 1 is 1.17 bits per heavy atom. The number of hydrogen-bond acceptors (Lipinski definition) is 4. The summed E-state index contributed by atoms with van der Waals surface area (Å²) in [6, 6.07) is 8.04. The van der Waals surface area contributed by atoms with Gasteiger partial charge >= 0.3 is 0 Å². The fourth-order valence-corrected chi connectivity index (χ4v) is 2.68. The summed E-state index contributed by atoms with van der Waals surface area (Å²) in [7, 11) is -2.06. The molecule has 2 aromatic rings. The molecule has 122 valence electrons. The number of halogens is 1. The Morgan fingerprint density at radius 3 is 2.48 bits per heavy atom. The van der Waals surface area contributed by atoms with Crippen molar-refractivity contribution < 1.29 is 22.3 Å². The number of methoxy groups -OCH3 is 1. The molecule has 0 aliphatic carbocycles. The Balaban J connectivity index is 2.38. The first-order chi connectivity index (χ1) is 10.7. The summed E-state index contributed by atoms with van der Waals surface area (Å²) in [5, 5.41) is 2.60. The number of sulfone groups is 1. The smallest absolute Gasteiger partial charge is 0.256 e. The molecule has 1 N–H and O–H groups in total. The second kappa shape index (κ2) is 6.37. The predicted molar refractivity (Wildman–Crippen MR) is 85.2 cm³/mol. The van der Waals surface area contributed by atoms with Crippen molar-refractivity contribution in [3.05, 3.63) is 53.3 Å².